The van der Waals surface area contributed by atoms with Crippen LogP contribution in [0.2, 0.25) is 5.02 Å². The van der Waals surface area contributed by atoms with Crippen LogP contribution < -0.4 is 16.0 Å². The van der Waals surface area contributed by atoms with Crippen LogP contribution in [0.5, 0.6) is 5.75 Å². The lowest BCUT2D eigenvalue weighted by atomic mass is 9.95. The summed E-state index contributed by atoms with van der Waals surface area (Å²) >= 11 is 6.10. The first-order valence-corrected chi connectivity index (χ1v) is 11.3. The lowest BCUT2D eigenvalue weighted by molar-refractivity contribution is -0.153. The minimum absolute atomic E-state index is 0.0406. The van der Waals surface area contributed by atoms with Crippen molar-refractivity contribution >= 4 is 22.4 Å². The molecule has 1 fully saturated rings. The molecule has 0 amide bonds. The van der Waals surface area contributed by atoms with Gasteiger partial charge in [0, 0.05) is 30.6 Å². The van der Waals surface area contributed by atoms with E-state index in [-0.39, 0.29) is 35.5 Å². The summed E-state index contributed by atoms with van der Waals surface area (Å²) in [4.78, 5) is 12.2. The third-order valence-electron chi connectivity index (χ3n) is 6.27. The molecule has 4 aromatic rings. The van der Waals surface area contributed by atoms with Crippen molar-refractivity contribution in [3.05, 3.63) is 62.9 Å². The Morgan fingerprint density at radius 3 is 2.73 bits per heavy atom. The van der Waals surface area contributed by atoms with E-state index in [1.165, 1.54) is 17.9 Å². The Balaban J connectivity index is 1.68. The molecule has 1 saturated carbocycles. The number of nitrogens with two attached hydrogens (primary N) is 1. The quantitative estimate of drug-likeness (QED) is 0.366. The number of H-pyrrole nitrogens is 1. The fourth-order valence-electron chi connectivity index (χ4n) is 4.33. The summed E-state index contributed by atoms with van der Waals surface area (Å²) < 4.78 is 61.3. The topological polar surface area (TPSA) is 123 Å². The number of rotatable bonds is 5. The maximum Gasteiger partial charge on any atom is 0.395 e. The first kappa shape index (κ1) is 24.7. The van der Waals surface area contributed by atoms with Gasteiger partial charge in [-0.15, -0.1) is 0 Å². The summed E-state index contributed by atoms with van der Waals surface area (Å²) in [6.45, 7) is 0.0406. The number of benzene rings is 2. The zero-order chi connectivity index (χ0) is 26.6. The normalized spacial score (nSPS) is 17.1. The molecule has 190 valence electrons. The zero-order valence-corrected chi connectivity index (χ0v) is 19.8. The molecule has 0 spiro atoms. The number of aryl methyl sites for hydroxylation is 1. The fourth-order valence-corrected chi connectivity index (χ4v) is 4.52. The van der Waals surface area contributed by atoms with E-state index in [0.717, 1.165) is 6.07 Å². The third kappa shape index (κ3) is 4.20. The van der Waals surface area contributed by atoms with Gasteiger partial charge in [-0.25, -0.2) is 9.49 Å². The lowest BCUT2D eigenvalue weighted by Crippen LogP contribution is -2.16. The van der Waals surface area contributed by atoms with Crippen molar-refractivity contribution in [2.75, 3.05) is 0 Å². The average Bonchev–Trinajstić information content (AvgIpc) is 3.55. The van der Waals surface area contributed by atoms with Crippen LogP contribution in [0.3, 0.4) is 0 Å². The fraction of sp³-hybridized carbons (Fsp3) is 0.250. The zero-order valence-electron chi connectivity index (χ0n) is 19.0. The van der Waals surface area contributed by atoms with Gasteiger partial charge in [0.2, 0.25) is 0 Å². The summed E-state index contributed by atoms with van der Waals surface area (Å²) in [5, 5.41) is 20.8. The van der Waals surface area contributed by atoms with Gasteiger partial charge in [0.05, 0.1) is 39.5 Å². The Hall–Kier alpha value is -3.95. The number of ether oxygens (including phenoxy) is 1. The second-order valence-electron chi connectivity index (χ2n) is 8.57. The highest BCUT2D eigenvalue weighted by molar-refractivity contribution is 6.31. The molecule has 37 heavy (non-hydrogen) atoms. The minimum Gasteiger partial charge on any atom is -0.488 e. The van der Waals surface area contributed by atoms with E-state index in [0.29, 0.717) is 27.6 Å². The van der Waals surface area contributed by atoms with Crippen molar-refractivity contribution in [3.63, 3.8) is 0 Å². The Bertz CT molecular complexity index is 1660. The highest BCUT2D eigenvalue weighted by atomic mass is 35.5. The number of aromatic amines is 1. The number of halogens is 5. The number of nitriles is 1. The highest BCUT2D eigenvalue weighted by Crippen LogP contribution is 2.49. The monoisotopic (exact) mass is 532 g/mol. The molecule has 0 radical (unpaired) electrons. The molecular formula is C24H17ClF4N6O2. The molecule has 0 unspecified atom stereocenters. The number of hydrogen-bond donors (Lipinski definition) is 2. The van der Waals surface area contributed by atoms with Crippen molar-refractivity contribution in [3.8, 4) is 34.2 Å². The van der Waals surface area contributed by atoms with Crippen LogP contribution in [0.15, 0.2) is 35.3 Å². The Kier molecular flexibility index (Phi) is 5.92. The first-order valence-electron chi connectivity index (χ1n) is 10.9. The van der Waals surface area contributed by atoms with E-state index >= 15 is 4.39 Å². The maximum atomic E-state index is 15.5. The molecule has 2 aromatic heterocycles. The molecule has 0 bridgehead atoms. The van der Waals surface area contributed by atoms with Gasteiger partial charge in [0.15, 0.2) is 5.82 Å². The van der Waals surface area contributed by atoms with Crippen molar-refractivity contribution in [2.24, 2.45) is 18.7 Å². The van der Waals surface area contributed by atoms with Gasteiger partial charge in [-0.1, -0.05) is 17.7 Å². The summed E-state index contributed by atoms with van der Waals surface area (Å²) in [5.74, 6) is -2.89. The van der Waals surface area contributed by atoms with Crippen molar-refractivity contribution in [1.82, 2.24) is 20.0 Å². The predicted octanol–water partition coefficient (Wildman–Crippen LogP) is 4.44. The van der Waals surface area contributed by atoms with Crippen LogP contribution in [-0.2, 0) is 13.6 Å². The van der Waals surface area contributed by atoms with Crippen LogP contribution in [0, 0.1) is 23.1 Å². The van der Waals surface area contributed by atoms with Crippen molar-refractivity contribution < 1.29 is 22.3 Å². The minimum atomic E-state index is -4.45. The van der Waals surface area contributed by atoms with E-state index < -0.39 is 34.6 Å². The molecule has 1 aliphatic rings. The number of alkyl halides is 3. The summed E-state index contributed by atoms with van der Waals surface area (Å²) in [5.41, 5.74) is 6.19. The number of hydrogen-bond acceptors (Lipinski definition) is 6. The highest BCUT2D eigenvalue weighted by Gasteiger charge is 2.58. The van der Waals surface area contributed by atoms with E-state index in [2.05, 4.69) is 15.3 Å². The predicted molar refractivity (Wildman–Crippen MR) is 126 cm³/mol. The smallest absolute Gasteiger partial charge is 0.395 e. The van der Waals surface area contributed by atoms with Gasteiger partial charge in [-0.3, -0.25) is 9.48 Å². The Morgan fingerprint density at radius 2 is 2.08 bits per heavy atom. The van der Waals surface area contributed by atoms with E-state index in [1.54, 1.807) is 18.2 Å². The molecule has 2 atom stereocenters. The summed E-state index contributed by atoms with van der Waals surface area (Å²) in [7, 11) is 1.51. The molecule has 13 heteroatoms. The van der Waals surface area contributed by atoms with E-state index in [9.17, 15) is 23.2 Å². The summed E-state index contributed by atoms with van der Waals surface area (Å²) in [6, 6.07) is 7.66. The average molecular weight is 533 g/mol. The standard InChI is InChI=1S/C24H17ClF4N6O2/c1-35-22(14(9-32-35)10-2-3-11-12(4-10)17(8-31)33-34-23(11)36)20-13(7-30)18(6-16(25)21(20)26)37-19-5-15(19)24(27,28)29/h2-4,6,9,15,19H,5,8,31H2,1H3,(H,34,36)/t15-,19+/m0/s1. The maximum absolute atomic E-state index is 15.5. The van der Waals surface area contributed by atoms with Crippen molar-refractivity contribution in [1.29, 1.82) is 5.26 Å². The van der Waals surface area contributed by atoms with Crippen LogP contribution >= 0.6 is 11.6 Å². The van der Waals surface area contributed by atoms with E-state index in [4.69, 9.17) is 22.1 Å². The largest absolute Gasteiger partial charge is 0.488 e. The first-order chi connectivity index (χ1) is 17.5. The number of nitrogens with one attached hydrogen (secondary N) is 1. The molecule has 2 aromatic carbocycles. The second kappa shape index (κ2) is 8.86. The van der Waals surface area contributed by atoms with Crippen LogP contribution in [0.4, 0.5) is 17.6 Å². The lowest BCUT2D eigenvalue weighted by Gasteiger charge is -2.16. The molecular weight excluding hydrogens is 516 g/mol. The van der Waals surface area contributed by atoms with Gasteiger partial charge in [0.1, 0.15) is 23.5 Å². The van der Waals surface area contributed by atoms with Crippen molar-refractivity contribution in [2.45, 2.75) is 25.2 Å². The Labute approximate surface area is 211 Å². The van der Waals surface area contributed by atoms with Crippen LogP contribution in [0.1, 0.15) is 17.7 Å². The van der Waals surface area contributed by atoms with Crippen LogP contribution in [-0.4, -0.2) is 32.3 Å². The number of fused-ring (bicyclic) bond motifs is 1. The van der Waals surface area contributed by atoms with Gasteiger partial charge in [-0.2, -0.15) is 28.6 Å². The molecule has 5 rings (SSSR count). The van der Waals surface area contributed by atoms with Gasteiger partial charge in [-0.05, 0) is 24.1 Å². The number of nitrogens with zero attached hydrogens (tertiary/aromatic N) is 4. The molecule has 8 nitrogen and oxygen atoms in total. The van der Waals surface area contributed by atoms with Gasteiger partial charge < -0.3 is 10.5 Å². The van der Waals surface area contributed by atoms with Crippen LogP contribution in [0.25, 0.3) is 33.2 Å². The molecule has 0 aliphatic heterocycles. The summed E-state index contributed by atoms with van der Waals surface area (Å²) in [6.07, 6.45) is -4.49. The molecule has 1 aliphatic carbocycles. The third-order valence-corrected chi connectivity index (χ3v) is 6.55. The van der Waals surface area contributed by atoms with E-state index in [1.807, 2.05) is 6.07 Å². The second-order valence-corrected chi connectivity index (χ2v) is 8.97. The number of aromatic nitrogens is 4. The Morgan fingerprint density at radius 1 is 1.32 bits per heavy atom. The molecule has 0 saturated heterocycles. The molecule has 2 heterocycles. The SMILES string of the molecule is Cn1ncc(-c2ccc3c(=O)[nH]nc(CN)c3c2)c1-c1c(F)c(Cl)cc(O[C@@H]2C[C@@H]2C(F)(F)F)c1C#N. The van der Waals surface area contributed by atoms with Gasteiger partial charge in [0.25, 0.3) is 5.56 Å². The molecule has 3 N–H and O–H groups in total. The van der Waals surface area contributed by atoms with Gasteiger partial charge >= 0.3 is 6.18 Å².